The summed E-state index contributed by atoms with van der Waals surface area (Å²) in [7, 11) is 6.00. The van der Waals surface area contributed by atoms with Gasteiger partial charge in [0.2, 0.25) is 0 Å². The van der Waals surface area contributed by atoms with Gasteiger partial charge in [-0.2, -0.15) is 8.75 Å². The smallest absolute Gasteiger partial charge is 0.188 e. The second-order valence-corrected chi connectivity index (χ2v) is 9.79. The van der Waals surface area contributed by atoms with E-state index in [0.717, 1.165) is 17.6 Å². The Morgan fingerprint density at radius 3 is 2.18 bits per heavy atom. The number of anilines is 3. The molecule has 0 unspecified atom stereocenters. The van der Waals surface area contributed by atoms with Crippen molar-refractivity contribution in [2.75, 3.05) is 31.8 Å². The number of benzene rings is 1. The molecule has 180 valence electrons. The number of para-hydroxylation sites is 1. The van der Waals surface area contributed by atoms with Crippen molar-refractivity contribution in [2.24, 2.45) is 5.92 Å². The molecule has 0 radical (unpaired) electrons. The van der Waals surface area contributed by atoms with E-state index >= 15 is 0 Å². The molecule has 0 fully saturated rings. The standard InChI is InChI=1S/C15H14N4O2S2.C4H10.C3H9N.C2H2/c1-9-5-6-11(22-9)7-16-14-15(19-23-18-14)17-12-4-2-3-10(8-20)13(12)21;2*1-4(2)3;1-2/h2-6,8,21H,7H2,1H3,(H,16,18)(H,17,19);4H,1-3H3;1-3H3;1-2H. The molecule has 0 aliphatic rings. The summed E-state index contributed by atoms with van der Waals surface area (Å²) in [5.41, 5.74) is 0.638. The van der Waals surface area contributed by atoms with Gasteiger partial charge in [-0.05, 0) is 58.3 Å². The SMILES string of the molecule is C#C.CC(C)C.CN(C)C.Cc1ccc(CNc2nsnc2Nc2cccc(C=O)c2O)s1. The van der Waals surface area contributed by atoms with Gasteiger partial charge in [0.25, 0.3) is 0 Å². The third kappa shape index (κ3) is 12.6. The number of aldehydes is 1. The van der Waals surface area contributed by atoms with Gasteiger partial charge in [0, 0.05) is 9.75 Å². The minimum atomic E-state index is -0.102. The fraction of sp³-hybridized carbons (Fsp3) is 0.375. The van der Waals surface area contributed by atoms with Crippen LogP contribution in [-0.4, -0.2) is 46.2 Å². The number of hydrogen-bond donors (Lipinski definition) is 3. The van der Waals surface area contributed by atoms with Crippen molar-refractivity contribution in [2.45, 2.75) is 34.2 Å². The number of carbonyl (C=O) groups excluding carboxylic acids is 1. The monoisotopic (exact) mass is 489 g/mol. The lowest BCUT2D eigenvalue weighted by atomic mass is 10.2. The van der Waals surface area contributed by atoms with Crippen LogP contribution in [0.5, 0.6) is 5.75 Å². The average molecular weight is 490 g/mol. The summed E-state index contributed by atoms with van der Waals surface area (Å²) in [5, 5.41) is 16.3. The van der Waals surface area contributed by atoms with Crippen molar-refractivity contribution < 1.29 is 9.90 Å². The van der Waals surface area contributed by atoms with E-state index in [4.69, 9.17) is 0 Å². The molecular weight excluding hydrogens is 454 g/mol. The van der Waals surface area contributed by atoms with E-state index in [1.54, 1.807) is 29.5 Å². The number of aromatic hydroxyl groups is 1. The number of rotatable bonds is 6. The zero-order valence-electron chi connectivity index (χ0n) is 20.4. The Hall–Kier alpha value is -2.93. The number of nitrogens with one attached hydrogen (secondary N) is 2. The summed E-state index contributed by atoms with van der Waals surface area (Å²) in [4.78, 5) is 15.3. The Kier molecular flexibility index (Phi) is 15.2. The van der Waals surface area contributed by atoms with Crippen LogP contribution in [0.4, 0.5) is 17.3 Å². The number of phenolic OH excluding ortho intramolecular Hbond substituents is 1. The first-order chi connectivity index (χ1) is 15.6. The lowest BCUT2D eigenvalue weighted by Crippen LogP contribution is -2.02. The molecule has 0 saturated heterocycles. The third-order valence-corrected chi connectivity index (χ3v) is 4.69. The van der Waals surface area contributed by atoms with Crippen LogP contribution in [0.1, 0.15) is 40.9 Å². The number of phenols is 1. The number of aromatic nitrogens is 2. The molecule has 0 bridgehead atoms. The van der Waals surface area contributed by atoms with Crippen LogP contribution in [-0.2, 0) is 6.54 Å². The largest absolute Gasteiger partial charge is 0.505 e. The van der Waals surface area contributed by atoms with Gasteiger partial charge in [0.15, 0.2) is 17.9 Å². The Morgan fingerprint density at radius 1 is 1.09 bits per heavy atom. The Bertz CT molecular complexity index is 953. The molecule has 1 aromatic carbocycles. The third-order valence-electron chi connectivity index (χ3n) is 3.16. The van der Waals surface area contributed by atoms with E-state index in [1.165, 1.54) is 9.75 Å². The minimum Gasteiger partial charge on any atom is -0.505 e. The van der Waals surface area contributed by atoms with Crippen LogP contribution in [0.25, 0.3) is 0 Å². The molecule has 7 nitrogen and oxygen atoms in total. The van der Waals surface area contributed by atoms with Gasteiger partial charge in [0.1, 0.15) is 5.75 Å². The van der Waals surface area contributed by atoms with Gasteiger partial charge in [-0.3, -0.25) is 4.79 Å². The van der Waals surface area contributed by atoms with Gasteiger partial charge in [-0.25, -0.2) is 0 Å². The second-order valence-electron chi connectivity index (χ2n) is 7.89. The zero-order chi connectivity index (χ0) is 25.4. The molecule has 33 heavy (non-hydrogen) atoms. The fourth-order valence-corrected chi connectivity index (χ4v) is 3.34. The van der Waals surface area contributed by atoms with Crippen LogP contribution in [0.3, 0.4) is 0 Å². The van der Waals surface area contributed by atoms with Gasteiger partial charge < -0.3 is 20.6 Å². The summed E-state index contributed by atoms with van der Waals surface area (Å²) >= 11 is 2.79. The molecular formula is C24H35N5O2S2. The highest BCUT2D eigenvalue weighted by Crippen LogP contribution is 2.31. The first-order valence-corrected chi connectivity index (χ1v) is 11.8. The summed E-state index contributed by atoms with van der Waals surface area (Å²) in [5.74, 6) is 1.86. The first kappa shape index (κ1) is 30.1. The molecule has 2 aromatic heterocycles. The highest BCUT2D eigenvalue weighted by atomic mass is 32.1. The number of aryl methyl sites for hydroxylation is 1. The van der Waals surface area contributed by atoms with E-state index in [-0.39, 0.29) is 11.3 Å². The lowest BCUT2D eigenvalue weighted by molar-refractivity contribution is 0.112. The van der Waals surface area contributed by atoms with E-state index in [2.05, 4.69) is 72.1 Å². The predicted molar refractivity (Wildman–Crippen MR) is 143 cm³/mol. The molecule has 2 heterocycles. The normalized spacial score (nSPS) is 9.55. The van der Waals surface area contributed by atoms with E-state index in [1.807, 2.05) is 26.0 Å². The van der Waals surface area contributed by atoms with Crippen LogP contribution >= 0.6 is 23.1 Å². The maximum absolute atomic E-state index is 10.9. The summed E-state index contributed by atoms with van der Waals surface area (Å²) < 4.78 is 8.40. The number of hydrogen-bond acceptors (Lipinski definition) is 9. The predicted octanol–water partition coefficient (Wildman–Crippen LogP) is 5.87. The highest BCUT2D eigenvalue weighted by molar-refractivity contribution is 7.11. The maximum atomic E-state index is 10.9. The van der Waals surface area contributed by atoms with Crippen molar-refractivity contribution >= 4 is 46.7 Å². The van der Waals surface area contributed by atoms with Crippen LogP contribution in [0.2, 0.25) is 0 Å². The Labute approximate surface area is 206 Å². The molecule has 3 N–H and O–H groups in total. The molecule has 0 saturated carbocycles. The van der Waals surface area contributed by atoms with E-state index in [0.29, 0.717) is 30.2 Å². The van der Waals surface area contributed by atoms with Gasteiger partial charge in [-0.15, -0.1) is 24.2 Å². The number of thiophene rings is 1. The van der Waals surface area contributed by atoms with Gasteiger partial charge in [0.05, 0.1) is 29.5 Å². The minimum absolute atomic E-state index is 0.102. The molecule has 3 aromatic rings. The van der Waals surface area contributed by atoms with Crippen LogP contribution in [0, 0.1) is 25.7 Å². The van der Waals surface area contributed by atoms with Crippen molar-refractivity contribution in [1.82, 2.24) is 13.6 Å². The summed E-state index contributed by atoms with van der Waals surface area (Å²) in [6, 6.07) is 9.05. The first-order valence-electron chi connectivity index (χ1n) is 10.2. The molecule has 9 heteroatoms. The average Bonchev–Trinajstić information content (AvgIpc) is 3.37. The van der Waals surface area contributed by atoms with Crippen LogP contribution < -0.4 is 10.6 Å². The fourth-order valence-electron chi connectivity index (χ4n) is 2.02. The maximum Gasteiger partial charge on any atom is 0.188 e. The number of nitrogens with zero attached hydrogens (tertiary/aromatic N) is 3. The zero-order valence-corrected chi connectivity index (χ0v) is 22.0. The van der Waals surface area contributed by atoms with Crippen molar-refractivity contribution in [3.05, 3.63) is 45.6 Å². The van der Waals surface area contributed by atoms with E-state index in [9.17, 15) is 9.90 Å². The number of terminal acetylenes is 1. The molecule has 0 spiro atoms. The molecule has 0 amide bonds. The molecule has 0 aliphatic carbocycles. The second kappa shape index (κ2) is 16.7. The number of carbonyl (C=O) groups is 1. The van der Waals surface area contributed by atoms with Gasteiger partial charge in [-0.1, -0.05) is 26.8 Å². The van der Waals surface area contributed by atoms with Crippen molar-refractivity contribution in [3.63, 3.8) is 0 Å². The highest BCUT2D eigenvalue weighted by Gasteiger charge is 2.12. The van der Waals surface area contributed by atoms with Crippen molar-refractivity contribution in [3.8, 4) is 18.6 Å². The summed E-state index contributed by atoms with van der Waals surface area (Å²) in [6.07, 6.45) is 8.61. The van der Waals surface area contributed by atoms with E-state index < -0.39 is 0 Å². The van der Waals surface area contributed by atoms with Gasteiger partial charge >= 0.3 is 0 Å². The Morgan fingerprint density at radius 2 is 1.67 bits per heavy atom. The Balaban J connectivity index is 0.000000877. The molecule has 3 rings (SSSR count). The quantitative estimate of drug-likeness (QED) is 0.227. The molecule has 0 aliphatic heterocycles. The molecule has 0 atom stereocenters. The van der Waals surface area contributed by atoms with Crippen molar-refractivity contribution in [1.29, 1.82) is 0 Å². The topological polar surface area (TPSA) is 90.4 Å². The summed E-state index contributed by atoms with van der Waals surface area (Å²) in [6.45, 7) is 9.22. The van der Waals surface area contributed by atoms with Crippen LogP contribution in [0.15, 0.2) is 30.3 Å². The lowest BCUT2D eigenvalue weighted by Gasteiger charge is -2.09.